The maximum Gasteiger partial charge on any atom is 0.224 e. The van der Waals surface area contributed by atoms with Crippen LogP contribution in [0.2, 0.25) is 0 Å². The van der Waals surface area contributed by atoms with Gasteiger partial charge in [-0.25, -0.2) is 4.98 Å². The number of hydrogen-bond donors (Lipinski definition) is 3. The molecule has 1 fully saturated rings. The largest absolute Gasteiger partial charge is 0.351 e. The van der Waals surface area contributed by atoms with Crippen molar-refractivity contribution in [2.45, 2.75) is 50.6 Å². The Kier molecular flexibility index (Phi) is 6.80. The van der Waals surface area contributed by atoms with Crippen molar-refractivity contribution < 1.29 is 0 Å². The molecular weight excluding hydrogens is 430 g/mol. The van der Waals surface area contributed by atoms with E-state index in [0.717, 1.165) is 61.0 Å². The molecule has 4 aromatic rings. The van der Waals surface area contributed by atoms with Crippen LogP contribution in [0.3, 0.4) is 0 Å². The average Bonchev–Trinajstić information content (AvgIpc) is 3.44. The molecule has 0 saturated heterocycles. The van der Waals surface area contributed by atoms with Crippen molar-refractivity contribution in [3.05, 3.63) is 52.5 Å². The van der Waals surface area contributed by atoms with Crippen LogP contribution in [0.15, 0.2) is 41.2 Å². The minimum atomic E-state index is 0. The minimum Gasteiger partial charge on any atom is -0.351 e. The summed E-state index contributed by atoms with van der Waals surface area (Å²) in [6.07, 6.45) is 7.92. The Hall–Kier alpha value is -2.55. The SMILES string of the molecule is Cl.NC1CCC(Nc2ncc3c(-c4cccc(CCc5ccsc5)n4)[nH]nc3n2)CC1. The van der Waals surface area contributed by atoms with E-state index in [9.17, 15) is 0 Å². The third kappa shape index (κ3) is 5.03. The Balaban J connectivity index is 0.00000231. The average molecular weight is 456 g/mol. The van der Waals surface area contributed by atoms with E-state index in [1.165, 1.54) is 5.56 Å². The third-order valence-electron chi connectivity index (χ3n) is 5.73. The molecule has 0 aliphatic heterocycles. The lowest BCUT2D eigenvalue weighted by molar-refractivity contribution is 0.410. The smallest absolute Gasteiger partial charge is 0.224 e. The number of hydrogen-bond acceptors (Lipinski definition) is 7. The van der Waals surface area contributed by atoms with E-state index in [2.05, 4.69) is 48.4 Å². The Morgan fingerprint density at radius 1 is 1.10 bits per heavy atom. The number of H-pyrrole nitrogens is 1. The molecule has 4 aromatic heterocycles. The highest BCUT2D eigenvalue weighted by Crippen LogP contribution is 2.25. The molecule has 4 N–H and O–H groups in total. The molecule has 0 spiro atoms. The van der Waals surface area contributed by atoms with E-state index in [-0.39, 0.29) is 12.4 Å². The fourth-order valence-electron chi connectivity index (χ4n) is 3.98. The highest BCUT2D eigenvalue weighted by atomic mass is 35.5. The summed E-state index contributed by atoms with van der Waals surface area (Å²) < 4.78 is 0. The Morgan fingerprint density at radius 3 is 2.77 bits per heavy atom. The number of halogens is 1. The quantitative estimate of drug-likeness (QED) is 0.398. The summed E-state index contributed by atoms with van der Waals surface area (Å²) in [5, 5.41) is 16.1. The standard InChI is InChI=1S/C22H25N7S.ClH/c23-15-5-8-17(9-6-15)26-22-24-12-18-20(28-29-21(18)27-22)19-3-1-2-16(25-19)7-4-14-10-11-30-13-14;/h1-3,10-13,15,17H,4-9,23H2,(H2,24,26,27,28,29);1H. The first-order valence-electron chi connectivity index (χ1n) is 10.5. The lowest BCUT2D eigenvalue weighted by Crippen LogP contribution is -2.33. The summed E-state index contributed by atoms with van der Waals surface area (Å²) >= 11 is 1.73. The van der Waals surface area contributed by atoms with Crippen molar-refractivity contribution in [2.75, 3.05) is 5.32 Å². The first-order valence-corrected chi connectivity index (χ1v) is 11.4. The zero-order valence-corrected chi connectivity index (χ0v) is 18.8. The second-order valence-electron chi connectivity index (χ2n) is 7.93. The third-order valence-corrected chi connectivity index (χ3v) is 6.46. The second-order valence-corrected chi connectivity index (χ2v) is 8.71. The van der Waals surface area contributed by atoms with Crippen LogP contribution in [0.1, 0.15) is 36.9 Å². The van der Waals surface area contributed by atoms with Gasteiger partial charge in [0.05, 0.1) is 16.8 Å². The molecule has 9 heteroatoms. The van der Waals surface area contributed by atoms with Crippen molar-refractivity contribution in [1.29, 1.82) is 0 Å². The van der Waals surface area contributed by atoms with E-state index in [1.807, 2.05) is 18.3 Å². The number of fused-ring (bicyclic) bond motifs is 1. The molecule has 1 aliphatic carbocycles. The first kappa shape index (κ1) is 21.7. The van der Waals surface area contributed by atoms with Crippen molar-refractivity contribution in [1.82, 2.24) is 25.1 Å². The van der Waals surface area contributed by atoms with Crippen LogP contribution < -0.4 is 11.1 Å². The molecule has 0 atom stereocenters. The monoisotopic (exact) mass is 455 g/mol. The van der Waals surface area contributed by atoms with Gasteiger partial charge in [-0.2, -0.15) is 21.4 Å². The summed E-state index contributed by atoms with van der Waals surface area (Å²) in [4.78, 5) is 14.0. The number of rotatable bonds is 6. The molecule has 0 bridgehead atoms. The van der Waals surface area contributed by atoms with E-state index >= 15 is 0 Å². The molecule has 0 radical (unpaired) electrons. The minimum absolute atomic E-state index is 0. The molecule has 5 rings (SSSR count). The lowest BCUT2D eigenvalue weighted by Gasteiger charge is -2.26. The highest BCUT2D eigenvalue weighted by molar-refractivity contribution is 7.07. The molecule has 0 unspecified atom stereocenters. The molecule has 0 aromatic carbocycles. The second kappa shape index (κ2) is 9.72. The van der Waals surface area contributed by atoms with Gasteiger partial charge in [0, 0.05) is 24.0 Å². The van der Waals surface area contributed by atoms with Crippen LogP contribution in [0.4, 0.5) is 5.95 Å². The van der Waals surface area contributed by atoms with E-state index in [1.54, 1.807) is 11.3 Å². The van der Waals surface area contributed by atoms with Crippen molar-refractivity contribution >= 4 is 40.7 Å². The maximum atomic E-state index is 6.00. The van der Waals surface area contributed by atoms with Crippen LogP contribution in [-0.2, 0) is 12.8 Å². The summed E-state index contributed by atoms with van der Waals surface area (Å²) in [6.45, 7) is 0. The number of nitrogens with one attached hydrogen (secondary N) is 2. The molecule has 162 valence electrons. The zero-order valence-electron chi connectivity index (χ0n) is 17.1. The number of nitrogens with zero attached hydrogens (tertiary/aromatic N) is 4. The normalized spacial score (nSPS) is 18.6. The van der Waals surface area contributed by atoms with Crippen LogP contribution in [0.5, 0.6) is 0 Å². The van der Waals surface area contributed by atoms with Gasteiger partial charge in [0.2, 0.25) is 5.95 Å². The molecule has 1 aliphatic rings. The van der Waals surface area contributed by atoms with E-state index in [4.69, 9.17) is 10.7 Å². The Bertz CT molecular complexity index is 1120. The van der Waals surface area contributed by atoms with Crippen molar-refractivity contribution in [2.24, 2.45) is 5.73 Å². The number of thiophene rings is 1. The van der Waals surface area contributed by atoms with Gasteiger partial charge in [0.15, 0.2) is 5.65 Å². The number of anilines is 1. The molecule has 1 saturated carbocycles. The van der Waals surface area contributed by atoms with Gasteiger partial charge in [-0.1, -0.05) is 6.07 Å². The Morgan fingerprint density at radius 2 is 1.97 bits per heavy atom. The molecule has 31 heavy (non-hydrogen) atoms. The number of nitrogens with two attached hydrogens (primary N) is 1. The van der Waals surface area contributed by atoms with Crippen molar-refractivity contribution in [3.63, 3.8) is 0 Å². The fourth-order valence-corrected chi connectivity index (χ4v) is 4.68. The molecule has 0 amide bonds. The summed E-state index contributed by atoms with van der Waals surface area (Å²) in [5.74, 6) is 0.624. The van der Waals surface area contributed by atoms with E-state index < -0.39 is 0 Å². The van der Waals surface area contributed by atoms with Gasteiger partial charge in [-0.3, -0.25) is 10.1 Å². The lowest BCUT2D eigenvalue weighted by atomic mass is 9.92. The van der Waals surface area contributed by atoms with Crippen molar-refractivity contribution in [3.8, 4) is 11.4 Å². The van der Waals surface area contributed by atoms with Gasteiger partial charge in [-0.15, -0.1) is 12.4 Å². The topological polar surface area (TPSA) is 105 Å². The number of pyridine rings is 1. The number of aromatic nitrogens is 5. The zero-order chi connectivity index (χ0) is 20.3. The van der Waals surface area contributed by atoms with Gasteiger partial charge in [0.1, 0.15) is 0 Å². The van der Waals surface area contributed by atoms with Crippen LogP contribution in [0, 0.1) is 0 Å². The van der Waals surface area contributed by atoms with E-state index in [0.29, 0.717) is 23.7 Å². The van der Waals surface area contributed by atoms with Gasteiger partial charge in [0.25, 0.3) is 0 Å². The van der Waals surface area contributed by atoms with Crippen LogP contribution in [-0.4, -0.2) is 37.2 Å². The number of aryl methyl sites for hydroxylation is 2. The highest BCUT2D eigenvalue weighted by Gasteiger charge is 2.19. The summed E-state index contributed by atoms with van der Waals surface area (Å²) in [6, 6.07) is 8.99. The van der Waals surface area contributed by atoms with Gasteiger partial charge < -0.3 is 11.1 Å². The molecule has 4 heterocycles. The van der Waals surface area contributed by atoms with Crippen LogP contribution >= 0.6 is 23.7 Å². The Labute approximate surface area is 191 Å². The fraction of sp³-hybridized carbons (Fsp3) is 0.364. The predicted molar refractivity (Wildman–Crippen MR) is 128 cm³/mol. The van der Waals surface area contributed by atoms with Gasteiger partial charge in [-0.05, 0) is 73.0 Å². The molecular formula is C22H26ClN7S. The van der Waals surface area contributed by atoms with Crippen LogP contribution in [0.25, 0.3) is 22.4 Å². The summed E-state index contributed by atoms with van der Waals surface area (Å²) in [5.41, 5.74) is 10.8. The number of aromatic amines is 1. The summed E-state index contributed by atoms with van der Waals surface area (Å²) in [7, 11) is 0. The molecule has 7 nitrogen and oxygen atoms in total. The first-order chi connectivity index (χ1) is 14.7. The predicted octanol–water partition coefficient (Wildman–Crippen LogP) is 4.37. The maximum absolute atomic E-state index is 6.00. The van der Waals surface area contributed by atoms with Gasteiger partial charge >= 0.3 is 0 Å².